The molecule has 0 fully saturated rings. The topological polar surface area (TPSA) is 50.1 Å². The molecule has 0 saturated heterocycles. The second-order valence-electron chi connectivity index (χ2n) is 6.96. The van der Waals surface area contributed by atoms with Gasteiger partial charge in [0, 0.05) is 24.3 Å². The highest BCUT2D eigenvalue weighted by atomic mass is 16.3. The van der Waals surface area contributed by atoms with E-state index in [0.29, 0.717) is 12.0 Å². The maximum Gasteiger partial charge on any atom is 0.0644 e. The highest BCUT2D eigenvalue weighted by Gasteiger charge is 2.19. The Hall–Kier alpha value is -0.870. The molecule has 0 spiro atoms. The molecule has 0 atom stereocenters. The van der Waals surface area contributed by atoms with E-state index in [0.717, 1.165) is 30.4 Å². The molecule has 4 heteroatoms. The monoisotopic (exact) mass is 281 g/mol. The van der Waals surface area contributed by atoms with Crippen LogP contribution in [0.15, 0.2) is 0 Å². The van der Waals surface area contributed by atoms with Crippen LogP contribution in [0.1, 0.15) is 51.1 Å². The van der Waals surface area contributed by atoms with E-state index in [4.69, 9.17) is 5.11 Å². The maximum absolute atomic E-state index is 9.03. The zero-order chi connectivity index (χ0) is 15.3. The van der Waals surface area contributed by atoms with Gasteiger partial charge in [-0.05, 0) is 31.6 Å². The van der Waals surface area contributed by atoms with Gasteiger partial charge in [0.25, 0.3) is 0 Å². The van der Waals surface area contributed by atoms with Gasteiger partial charge in [0.1, 0.15) is 0 Å². The zero-order valence-corrected chi connectivity index (χ0v) is 14.0. The Morgan fingerprint density at radius 3 is 2.50 bits per heavy atom. The average Bonchev–Trinajstić information content (AvgIpc) is 2.55. The molecule has 0 unspecified atom stereocenters. The molecule has 116 valence electrons. The van der Waals surface area contributed by atoms with E-state index in [1.807, 2.05) is 11.6 Å². The van der Waals surface area contributed by atoms with Crippen LogP contribution >= 0.6 is 0 Å². The van der Waals surface area contributed by atoms with Gasteiger partial charge in [-0.2, -0.15) is 5.10 Å². The molecule has 0 aliphatic rings. The summed E-state index contributed by atoms with van der Waals surface area (Å²) in [5.74, 6) is 0.725. The molecule has 1 aromatic heterocycles. The highest BCUT2D eigenvalue weighted by molar-refractivity contribution is 5.24. The Morgan fingerprint density at radius 1 is 1.30 bits per heavy atom. The summed E-state index contributed by atoms with van der Waals surface area (Å²) < 4.78 is 1.89. The van der Waals surface area contributed by atoms with Crippen molar-refractivity contribution in [3.63, 3.8) is 0 Å². The summed E-state index contributed by atoms with van der Waals surface area (Å²) in [6.45, 7) is 15.9. The molecule has 1 rings (SSSR count). The summed E-state index contributed by atoms with van der Waals surface area (Å²) >= 11 is 0. The predicted molar refractivity (Wildman–Crippen MR) is 83.7 cm³/mol. The fraction of sp³-hybridized carbons (Fsp3) is 0.812. The molecule has 0 saturated carbocycles. The molecule has 0 amide bonds. The maximum atomic E-state index is 9.03. The van der Waals surface area contributed by atoms with E-state index in [-0.39, 0.29) is 6.61 Å². The van der Waals surface area contributed by atoms with E-state index in [9.17, 15) is 0 Å². The summed E-state index contributed by atoms with van der Waals surface area (Å²) in [6, 6.07) is 0. The van der Waals surface area contributed by atoms with Crippen molar-refractivity contribution < 1.29 is 5.11 Å². The minimum Gasteiger partial charge on any atom is -0.394 e. The first-order valence-corrected chi connectivity index (χ1v) is 7.61. The van der Waals surface area contributed by atoms with Crippen LogP contribution in [-0.4, -0.2) is 28.0 Å². The average molecular weight is 281 g/mol. The van der Waals surface area contributed by atoms with Gasteiger partial charge in [-0.15, -0.1) is 0 Å². The van der Waals surface area contributed by atoms with Crippen molar-refractivity contribution >= 4 is 0 Å². The molecule has 0 radical (unpaired) electrons. The number of rotatable bonds is 8. The minimum absolute atomic E-state index is 0.135. The summed E-state index contributed by atoms with van der Waals surface area (Å²) in [5.41, 5.74) is 3.80. The first-order chi connectivity index (χ1) is 9.26. The Kier molecular flexibility index (Phi) is 6.21. The van der Waals surface area contributed by atoms with E-state index in [2.05, 4.69) is 45.0 Å². The number of nitrogens with zero attached hydrogens (tertiary/aromatic N) is 2. The Balaban J connectivity index is 2.58. The molecule has 1 heterocycles. The lowest BCUT2D eigenvalue weighted by Gasteiger charge is -2.27. The number of aromatic nitrogens is 2. The van der Waals surface area contributed by atoms with Gasteiger partial charge in [0.05, 0.1) is 18.8 Å². The van der Waals surface area contributed by atoms with Crippen molar-refractivity contribution in [2.75, 3.05) is 13.2 Å². The third kappa shape index (κ3) is 4.91. The van der Waals surface area contributed by atoms with Crippen LogP contribution in [-0.2, 0) is 13.1 Å². The largest absolute Gasteiger partial charge is 0.394 e. The number of aliphatic hydroxyl groups excluding tert-OH is 1. The normalized spacial score (nSPS) is 12.4. The van der Waals surface area contributed by atoms with Gasteiger partial charge in [-0.1, -0.05) is 27.7 Å². The van der Waals surface area contributed by atoms with Crippen molar-refractivity contribution in [1.29, 1.82) is 0 Å². The highest BCUT2D eigenvalue weighted by Crippen LogP contribution is 2.24. The summed E-state index contributed by atoms with van der Waals surface area (Å²) in [6.07, 6.45) is 1.22. The molecule has 2 N–H and O–H groups in total. The third-order valence-corrected chi connectivity index (χ3v) is 3.71. The van der Waals surface area contributed by atoms with Gasteiger partial charge in [0.2, 0.25) is 0 Å². The number of aryl methyl sites for hydroxylation is 1. The van der Waals surface area contributed by atoms with Crippen LogP contribution in [0.2, 0.25) is 0 Å². The lowest BCUT2D eigenvalue weighted by molar-refractivity contribution is 0.267. The smallest absolute Gasteiger partial charge is 0.0644 e. The van der Waals surface area contributed by atoms with Gasteiger partial charge in [-0.3, -0.25) is 4.68 Å². The van der Waals surface area contributed by atoms with Gasteiger partial charge in [-0.25, -0.2) is 0 Å². The SMILES string of the molecule is Cc1nn(CCO)c(C)c1CNCC(C)(C)CC(C)C. The van der Waals surface area contributed by atoms with E-state index in [1.165, 1.54) is 12.0 Å². The van der Waals surface area contributed by atoms with Gasteiger partial charge in [0.15, 0.2) is 0 Å². The molecular weight excluding hydrogens is 250 g/mol. The predicted octanol–water partition coefficient (Wildman–Crippen LogP) is 2.65. The lowest BCUT2D eigenvalue weighted by atomic mass is 9.84. The fourth-order valence-electron chi connectivity index (χ4n) is 3.01. The molecular formula is C16H31N3O. The second-order valence-corrected chi connectivity index (χ2v) is 6.96. The number of aliphatic hydroxyl groups is 1. The number of hydrogen-bond acceptors (Lipinski definition) is 3. The fourth-order valence-corrected chi connectivity index (χ4v) is 3.01. The van der Waals surface area contributed by atoms with E-state index in [1.54, 1.807) is 0 Å². The van der Waals surface area contributed by atoms with E-state index < -0.39 is 0 Å². The number of hydrogen-bond donors (Lipinski definition) is 2. The standard InChI is InChI=1S/C16H31N3O/c1-12(2)9-16(5,6)11-17-10-15-13(3)18-19(7-8-20)14(15)4/h12,17,20H,7-11H2,1-6H3. The van der Waals surface area contributed by atoms with Crippen LogP contribution < -0.4 is 5.32 Å². The minimum atomic E-state index is 0.135. The van der Waals surface area contributed by atoms with Crippen molar-refractivity contribution in [1.82, 2.24) is 15.1 Å². The molecule has 4 nitrogen and oxygen atoms in total. The molecule has 20 heavy (non-hydrogen) atoms. The first-order valence-electron chi connectivity index (χ1n) is 7.61. The number of nitrogens with one attached hydrogen (secondary N) is 1. The van der Waals surface area contributed by atoms with Crippen LogP contribution in [0.3, 0.4) is 0 Å². The summed E-state index contributed by atoms with van der Waals surface area (Å²) in [4.78, 5) is 0. The Labute approximate surface area is 123 Å². The first kappa shape index (κ1) is 17.2. The molecule has 0 aliphatic heterocycles. The van der Waals surface area contributed by atoms with Crippen LogP contribution in [0.5, 0.6) is 0 Å². The second kappa shape index (κ2) is 7.23. The van der Waals surface area contributed by atoms with E-state index >= 15 is 0 Å². The molecule has 0 aromatic carbocycles. The van der Waals surface area contributed by atoms with Crippen LogP contribution in [0.25, 0.3) is 0 Å². The summed E-state index contributed by atoms with van der Waals surface area (Å²) in [5, 5.41) is 17.1. The van der Waals surface area contributed by atoms with Crippen molar-refractivity contribution in [3.8, 4) is 0 Å². The molecule has 1 aromatic rings. The van der Waals surface area contributed by atoms with Crippen molar-refractivity contribution in [2.24, 2.45) is 11.3 Å². The quantitative estimate of drug-likeness (QED) is 0.770. The lowest BCUT2D eigenvalue weighted by Crippen LogP contribution is -2.30. The van der Waals surface area contributed by atoms with Crippen molar-refractivity contribution in [3.05, 3.63) is 17.0 Å². The Morgan fingerprint density at radius 2 is 1.95 bits per heavy atom. The Bertz CT molecular complexity index is 422. The van der Waals surface area contributed by atoms with Crippen LogP contribution in [0.4, 0.5) is 0 Å². The summed E-state index contributed by atoms with van der Waals surface area (Å²) in [7, 11) is 0. The molecule has 0 bridgehead atoms. The molecule has 0 aliphatic carbocycles. The van der Waals surface area contributed by atoms with Gasteiger partial charge >= 0.3 is 0 Å². The van der Waals surface area contributed by atoms with Gasteiger partial charge < -0.3 is 10.4 Å². The van der Waals surface area contributed by atoms with Crippen molar-refractivity contribution in [2.45, 2.75) is 61.1 Å². The third-order valence-electron chi connectivity index (χ3n) is 3.71. The van der Waals surface area contributed by atoms with Crippen LogP contribution in [0, 0.1) is 25.2 Å². The zero-order valence-electron chi connectivity index (χ0n) is 14.0.